The summed E-state index contributed by atoms with van der Waals surface area (Å²) in [6, 6.07) is 0. The fraction of sp³-hybridized carbons (Fsp3) is 0.833. The Morgan fingerprint density at radius 2 is 1.57 bits per heavy atom. The molecule has 1 unspecified atom stereocenters. The molecule has 0 aromatic carbocycles. The van der Waals surface area contributed by atoms with E-state index in [1.165, 1.54) is 0 Å². The second kappa shape index (κ2) is 17.9. The van der Waals surface area contributed by atoms with Crippen LogP contribution in [-0.2, 0) is 33.2 Å². The van der Waals surface area contributed by atoms with Crippen molar-refractivity contribution in [1.82, 2.24) is 0 Å². The van der Waals surface area contributed by atoms with Gasteiger partial charge >= 0.3 is 41.5 Å². The summed E-state index contributed by atoms with van der Waals surface area (Å²) >= 11 is 0. The standard InChI is InChI=1S/C8H17O3S.C4H6O4.Na/c1-3-5-6-8(4-2)7-11-12(9)10;5-3(6)1-2-4(7)8;/h8H,3-7H2,1-2H3;1-2H2,(H,5,6)(H,7,8);/q-1;;+1. The van der Waals surface area contributed by atoms with E-state index in [9.17, 15) is 18.0 Å². The van der Waals surface area contributed by atoms with E-state index in [-0.39, 0.29) is 42.4 Å². The summed E-state index contributed by atoms with van der Waals surface area (Å²) in [6.07, 6.45) is 3.75. The van der Waals surface area contributed by atoms with E-state index in [0.717, 1.165) is 25.7 Å². The molecule has 0 aliphatic heterocycles. The van der Waals surface area contributed by atoms with Crippen LogP contribution in [0.2, 0.25) is 0 Å². The molecule has 0 aliphatic carbocycles. The maximum Gasteiger partial charge on any atom is 1.00 e. The molecule has 0 saturated heterocycles. The number of carboxylic acid groups (broad SMARTS) is 2. The molecule has 7 nitrogen and oxygen atoms in total. The van der Waals surface area contributed by atoms with Gasteiger partial charge < -0.3 is 22.8 Å². The molecular weight excluding hydrogens is 311 g/mol. The summed E-state index contributed by atoms with van der Waals surface area (Å²) < 4.78 is 24.7. The van der Waals surface area contributed by atoms with Gasteiger partial charge in [0.25, 0.3) is 0 Å². The summed E-state index contributed by atoms with van der Waals surface area (Å²) in [5.74, 6) is -1.76. The molecule has 0 saturated carbocycles. The summed E-state index contributed by atoms with van der Waals surface area (Å²) in [5, 5.41) is 15.8. The van der Waals surface area contributed by atoms with Gasteiger partial charge in [-0.15, -0.1) is 0 Å². The maximum atomic E-state index is 10.1. The van der Waals surface area contributed by atoms with Crippen LogP contribution < -0.4 is 29.6 Å². The first kappa shape index (κ1) is 25.8. The van der Waals surface area contributed by atoms with Crippen LogP contribution in [-0.4, -0.2) is 28.8 Å². The number of hydrogen-bond acceptors (Lipinski definition) is 6. The minimum absolute atomic E-state index is 0. The van der Waals surface area contributed by atoms with Crippen LogP contribution in [0.1, 0.15) is 52.4 Å². The van der Waals surface area contributed by atoms with E-state index in [1.54, 1.807) is 0 Å². The fourth-order valence-electron chi connectivity index (χ4n) is 1.26. The van der Waals surface area contributed by atoms with E-state index in [4.69, 9.17) is 10.2 Å². The van der Waals surface area contributed by atoms with E-state index in [2.05, 4.69) is 18.0 Å². The van der Waals surface area contributed by atoms with Crippen molar-refractivity contribution in [2.75, 3.05) is 6.61 Å². The average molecular weight is 334 g/mol. The SMILES string of the molecule is CCCCC(CC)CO[S-](=O)=O.O=C(O)CCC(=O)O.[Na+]. The van der Waals surface area contributed by atoms with E-state index >= 15 is 0 Å². The normalized spacial score (nSPS) is 11.0. The average Bonchev–Trinajstić information content (AvgIpc) is 2.37. The minimum Gasteiger partial charge on any atom is -0.481 e. The van der Waals surface area contributed by atoms with Crippen molar-refractivity contribution in [2.24, 2.45) is 5.92 Å². The molecule has 9 heteroatoms. The van der Waals surface area contributed by atoms with E-state index in [1.807, 2.05) is 0 Å². The van der Waals surface area contributed by atoms with Gasteiger partial charge in [0.05, 0.1) is 23.8 Å². The van der Waals surface area contributed by atoms with Crippen LogP contribution in [0.15, 0.2) is 0 Å². The largest absolute Gasteiger partial charge is 1.00 e. The Hall–Kier alpha value is -0.150. The van der Waals surface area contributed by atoms with E-state index in [0.29, 0.717) is 12.5 Å². The monoisotopic (exact) mass is 334 g/mol. The third kappa shape index (κ3) is 25.2. The van der Waals surface area contributed by atoms with Gasteiger partial charge in [-0.05, 0) is 12.3 Å². The third-order valence-electron chi connectivity index (χ3n) is 2.50. The molecule has 0 rings (SSSR count). The predicted molar refractivity (Wildman–Crippen MR) is 72.5 cm³/mol. The quantitative estimate of drug-likeness (QED) is 0.404. The topological polar surface area (TPSA) is 118 Å². The fourth-order valence-corrected chi connectivity index (χ4v) is 1.57. The van der Waals surface area contributed by atoms with Crippen molar-refractivity contribution >= 4 is 22.9 Å². The second-order valence-electron chi connectivity index (χ2n) is 4.19. The van der Waals surface area contributed by atoms with Gasteiger partial charge in [-0.2, -0.15) is 0 Å². The first-order valence-electron chi connectivity index (χ1n) is 6.49. The molecule has 0 radical (unpaired) electrons. The first-order chi connectivity index (χ1) is 9.33. The van der Waals surface area contributed by atoms with Gasteiger partial charge in [-0.1, -0.05) is 33.1 Å². The van der Waals surface area contributed by atoms with E-state index < -0.39 is 22.9 Å². The Bertz CT molecular complexity index is 322. The van der Waals surface area contributed by atoms with Gasteiger partial charge in [0.2, 0.25) is 0 Å². The molecule has 0 amide bonds. The van der Waals surface area contributed by atoms with Gasteiger partial charge in [0.1, 0.15) is 0 Å². The predicted octanol–water partition coefficient (Wildman–Crippen LogP) is -0.616. The zero-order valence-electron chi connectivity index (χ0n) is 12.9. The molecule has 21 heavy (non-hydrogen) atoms. The molecule has 0 spiro atoms. The molecule has 0 aromatic heterocycles. The molecule has 0 fully saturated rings. The molecule has 0 aliphatic rings. The number of unbranched alkanes of at least 4 members (excludes halogenated alkanes) is 1. The molecule has 1 atom stereocenters. The molecule has 120 valence electrons. The summed E-state index contributed by atoms with van der Waals surface area (Å²) in [6.45, 7) is 4.52. The Morgan fingerprint density at radius 1 is 1.10 bits per heavy atom. The van der Waals surface area contributed by atoms with Crippen LogP contribution in [0, 0.1) is 5.92 Å². The van der Waals surface area contributed by atoms with Crippen LogP contribution in [0.5, 0.6) is 0 Å². The van der Waals surface area contributed by atoms with Crippen molar-refractivity contribution in [3.05, 3.63) is 0 Å². The van der Waals surface area contributed by atoms with Crippen LogP contribution >= 0.6 is 0 Å². The molecule has 2 N–H and O–H groups in total. The van der Waals surface area contributed by atoms with Gasteiger partial charge in [-0.25, -0.2) is 0 Å². The summed E-state index contributed by atoms with van der Waals surface area (Å²) in [5.41, 5.74) is 0. The summed E-state index contributed by atoms with van der Waals surface area (Å²) in [7, 11) is -2.34. The van der Waals surface area contributed by atoms with Crippen LogP contribution in [0.25, 0.3) is 0 Å². The Balaban J connectivity index is -0.000000317. The number of hydrogen-bond donors (Lipinski definition) is 2. The van der Waals surface area contributed by atoms with Crippen molar-refractivity contribution in [3.8, 4) is 0 Å². The van der Waals surface area contributed by atoms with Crippen molar-refractivity contribution in [1.29, 1.82) is 0 Å². The van der Waals surface area contributed by atoms with Crippen molar-refractivity contribution in [2.45, 2.75) is 52.4 Å². The zero-order chi connectivity index (χ0) is 16.0. The number of aliphatic carboxylic acids is 2. The Morgan fingerprint density at radius 3 is 1.86 bits per heavy atom. The molecule has 0 heterocycles. The molecule has 0 bridgehead atoms. The number of rotatable bonds is 10. The van der Waals surface area contributed by atoms with Crippen molar-refractivity contribution < 1.29 is 62.0 Å². The molecular formula is C12H23NaO7S. The minimum atomic E-state index is -2.34. The zero-order valence-corrected chi connectivity index (χ0v) is 15.7. The maximum absolute atomic E-state index is 10.1. The molecule has 0 aromatic rings. The van der Waals surface area contributed by atoms with Crippen LogP contribution in [0.4, 0.5) is 0 Å². The number of carbonyl (C=O) groups is 2. The Kier molecular flexibility index (Phi) is 22.0. The summed E-state index contributed by atoms with van der Waals surface area (Å²) in [4.78, 5) is 19.3. The first-order valence-corrected chi connectivity index (χ1v) is 7.49. The third-order valence-corrected chi connectivity index (χ3v) is 2.82. The van der Waals surface area contributed by atoms with Crippen molar-refractivity contribution in [3.63, 3.8) is 0 Å². The second-order valence-corrected chi connectivity index (χ2v) is 4.84. The van der Waals surface area contributed by atoms with Gasteiger partial charge in [-0.3, -0.25) is 9.59 Å². The smallest absolute Gasteiger partial charge is 0.481 e. The van der Waals surface area contributed by atoms with Gasteiger partial charge in [0, 0.05) is 6.61 Å². The Labute approximate surface area is 149 Å². The van der Waals surface area contributed by atoms with Crippen LogP contribution in [0.3, 0.4) is 0 Å². The van der Waals surface area contributed by atoms with Gasteiger partial charge in [0.15, 0.2) is 0 Å². The number of carboxylic acids is 2.